The fourth-order valence-electron chi connectivity index (χ4n) is 10.1. The first kappa shape index (κ1) is 39.5. The molecule has 11 aromatic carbocycles. The van der Waals surface area contributed by atoms with E-state index in [1.807, 2.05) is 0 Å². The quantitative estimate of drug-likeness (QED) is 0.152. The Hall–Kier alpha value is -8.86. The minimum atomic E-state index is 0.804. The van der Waals surface area contributed by atoms with E-state index < -0.39 is 0 Å². The number of nitrogens with zero attached hydrogens (tertiary/aromatic N) is 2. The van der Waals surface area contributed by atoms with Crippen molar-refractivity contribution in [1.82, 2.24) is 0 Å². The molecule has 4 nitrogen and oxygen atoms in total. The topological polar surface area (TPSA) is 32.8 Å². The third-order valence-corrected chi connectivity index (χ3v) is 13.5. The maximum Gasteiger partial charge on any atom is 0.147 e. The minimum absolute atomic E-state index is 0.804. The second kappa shape index (κ2) is 15.9. The fraction of sp³-hybridized carbons (Fsp3) is 0.0312. The van der Waals surface area contributed by atoms with Gasteiger partial charge in [0.05, 0.1) is 16.8 Å². The molecule has 0 saturated carbocycles. The molecule has 0 unspecified atom stereocenters. The first-order valence-electron chi connectivity index (χ1n) is 23.2. The summed E-state index contributed by atoms with van der Waals surface area (Å²) in [7, 11) is 0. The molecule has 0 fully saturated rings. The van der Waals surface area contributed by atoms with Crippen molar-refractivity contribution < 1.29 is 8.83 Å². The van der Waals surface area contributed by atoms with Gasteiger partial charge in [-0.1, -0.05) is 145 Å². The normalized spacial score (nSPS) is 11.7. The molecule has 0 aliphatic rings. The molecule has 0 aliphatic carbocycles. The zero-order valence-electron chi connectivity index (χ0n) is 37.7. The van der Waals surface area contributed by atoms with Gasteiger partial charge in [-0.2, -0.15) is 0 Å². The lowest BCUT2D eigenvalue weighted by Crippen LogP contribution is -2.11. The maximum absolute atomic E-state index is 6.94. The predicted octanol–water partition coefficient (Wildman–Crippen LogP) is 18.7. The molecule has 322 valence electrons. The highest BCUT2D eigenvalue weighted by Gasteiger charge is 2.22. The van der Waals surface area contributed by atoms with Gasteiger partial charge in [0.1, 0.15) is 22.3 Å². The lowest BCUT2D eigenvalue weighted by molar-refractivity contribution is 0.663. The fourth-order valence-corrected chi connectivity index (χ4v) is 10.1. The van der Waals surface area contributed by atoms with E-state index in [0.29, 0.717) is 0 Å². The monoisotopic (exact) mass is 872 g/mol. The van der Waals surface area contributed by atoms with Crippen LogP contribution in [0.2, 0.25) is 0 Å². The Morgan fingerprint density at radius 1 is 0.309 bits per heavy atom. The summed E-state index contributed by atoms with van der Waals surface area (Å²) in [5.74, 6) is 0. The number of furan rings is 2. The van der Waals surface area contributed by atoms with Gasteiger partial charge in [0.2, 0.25) is 0 Å². The van der Waals surface area contributed by atoms with Crippen molar-refractivity contribution in [3.8, 4) is 22.3 Å². The summed E-state index contributed by atoms with van der Waals surface area (Å²) in [6.45, 7) is 4.26. The average Bonchev–Trinajstić information content (AvgIpc) is 3.94. The number of para-hydroxylation sites is 2. The van der Waals surface area contributed by atoms with Crippen molar-refractivity contribution in [3.05, 3.63) is 242 Å². The number of hydrogen-bond acceptors (Lipinski definition) is 4. The Kier molecular flexibility index (Phi) is 9.26. The Balaban J connectivity index is 0.931. The molecule has 0 aliphatic heterocycles. The van der Waals surface area contributed by atoms with Gasteiger partial charge in [0.25, 0.3) is 0 Å². The number of benzene rings is 11. The summed E-state index contributed by atoms with van der Waals surface area (Å²) in [6.07, 6.45) is 0. The van der Waals surface area contributed by atoms with Crippen LogP contribution >= 0.6 is 0 Å². The van der Waals surface area contributed by atoms with Crippen LogP contribution in [0.4, 0.5) is 34.1 Å². The van der Waals surface area contributed by atoms with Gasteiger partial charge >= 0.3 is 0 Å². The predicted molar refractivity (Wildman–Crippen MR) is 286 cm³/mol. The van der Waals surface area contributed by atoms with E-state index in [9.17, 15) is 0 Å². The van der Waals surface area contributed by atoms with Crippen molar-refractivity contribution >= 4 is 99.5 Å². The van der Waals surface area contributed by atoms with Gasteiger partial charge in [0, 0.05) is 50.0 Å². The molecule has 13 aromatic rings. The molecule has 0 N–H and O–H groups in total. The molecule has 0 spiro atoms. The van der Waals surface area contributed by atoms with Gasteiger partial charge in [-0.3, -0.25) is 0 Å². The highest BCUT2D eigenvalue weighted by Crippen LogP contribution is 2.46. The molecule has 2 aromatic heterocycles. The van der Waals surface area contributed by atoms with Crippen LogP contribution in [0, 0.1) is 13.8 Å². The number of anilines is 6. The summed E-state index contributed by atoms with van der Waals surface area (Å²) in [4.78, 5) is 4.72. The van der Waals surface area contributed by atoms with E-state index in [4.69, 9.17) is 8.83 Å². The minimum Gasteiger partial charge on any atom is -0.456 e. The summed E-state index contributed by atoms with van der Waals surface area (Å²) in [6, 6.07) is 82.8. The van der Waals surface area contributed by atoms with Crippen LogP contribution in [0.3, 0.4) is 0 Å². The third-order valence-electron chi connectivity index (χ3n) is 13.5. The maximum atomic E-state index is 6.94. The molecule has 0 amide bonds. The Labute approximate surface area is 394 Å². The van der Waals surface area contributed by atoms with Crippen LogP contribution in [-0.2, 0) is 0 Å². The largest absolute Gasteiger partial charge is 0.456 e. The van der Waals surface area contributed by atoms with E-state index in [1.54, 1.807) is 0 Å². The molecule has 0 saturated heterocycles. The molecule has 2 heterocycles. The molecular weight excluding hydrogens is 829 g/mol. The lowest BCUT2D eigenvalue weighted by Gasteiger charge is -2.28. The molecule has 0 bridgehead atoms. The first-order valence-corrected chi connectivity index (χ1v) is 23.2. The second-order valence-electron chi connectivity index (χ2n) is 17.9. The van der Waals surface area contributed by atoms with Gasteiger partial charge in [-0.05, 0) is 144 Å². The molecule has 13 rings (SSSR count). The summed E-state index contributed by atoms with van der Waals surface area (Å²) < 4.78 is 13.6. The molecule has 0 atom stereocenters. The zero-order valence-corrected chi connectivity index (χ0v) is 37.7. The average molecular weight is 873 g/mol. The highest BCUT2D eigenvalue weighted by atomic mass is 16.3. The zero-order chi connectivity index (χ0) is 45.3. The Morgan fingerprint density at radius 2 is 0.765 bits per heavy atom. The van der Waals surface area contributed by atoms with Crippen molar-refractivity contribution in [2.75, 3.05) is 9.80 Å². The van der Waals surface area contributed by atoms with E-state index in [2.05, 4.69) is 254 Å². The Morgan fingerprint density at radius 3 is 1.29 bits per heavy atom. The number of hydrogen-bond donors (Lipinski definition) is 0. The number of aryl methyl sites for hydroxylation is 2. The van der Waals surface area contributed by atoms with Crippen LogP contribution in [0.5, 0.6) is 0 Å². The van der Waals surface area contributed by atoms with Crippen molar-refractivity contribution in [2.24, 2.45) is 0 Å². The van der Waals surface area contributed by atoms with E-state index >= 15 is 0 Å². The summed E-state index contributed by atoms with van der Waals surface area (Å²) in [5.41, 5.74) is 17.0. The van der Waals surface area contributed by atoms with Crippen molar-refractivity contribution in [3.63, 3.8) is 0 Å². The second-order valence-corrected chi connectivity index (χ2v) is 17.9. The van der Waals surface area contributed by atoms with Crippen LogP contribution < -0.4 is 9.80 Å². The van der Waals surface area contributed by atoms with Crippen LogP contribution in [-0.4, -0.2) is 0 Å². The highest BCUT2D eigenvalue weighted by molar-refractivity contribution is 6.24. The van der Waals surface area contributed by atoms with Gasteiger partial charge in [0.15, 0.2) is 0 Å². The van der Waals surface area contributed by atoms with E-state index in [-0.39, 0.29) is 0 Å². The lowest BCUT2D eigenvalue weighted by atomic mass is 10.00. The van der Waals surface area contributed by atoms with E-state index in [0.717, 1.165) is 99.5 Å². The molecular formula is C64H44N2O2. The summed E-state index contributed by atoms with van der Waals surface area (Å²) >= 11 is 0. The first-order chi connectivity index (χ1) is 33.5. The van der Waals surface area contributed by atoms with Gasteiger partial charge in [-0.15, -0.1) is 0 Å². The third kappa shape index (κ3) is 6.68. The van der Waals surface area contributed by atoms with Gasteiger partial charge in [-0.25, -0.2) is 0 Å². The SMILES string of the molecule is Cc1ccc(N(c2ccc3cc4c(cc3c2)oc2c4ccc3oc4cc5cc(N(c6ccc(C)cc6)c6ccccc6-c6ccccc6)ccc5cc4c32)c2ccccc2-c2ccccc2)cc1. The smallest absolute Gasteiger partial charge is 0.147 e. The van der Waals surface area contributed by atoms with Crippen molar-refractivity contribution in [2.45, 2.75) is 13.8 Å². The van der Waals surface area contributed by atoms with Crippen LogP contribution in [0.25, 0.3) is 87.7 Å². The standard InChI is InChI=1S/C64H44N2O2/c1-41-21-27-49(28-22-41)65(58-19-11-9-17-53(58)43-13-5-3-6-14-43)51-31-25-45-37-56-55-33-34-60-63(64(55)68-61(56)39-47(45)35-51)57-38-46-26-32-52(36-48(46)40-62(57)67-60)66(50-29-23-42(2)24-30-50)59-20-12-10-18-54(59)44-15-7-4-8-16-44/h3-40H,1-2H3. The molecule has 68 heavy (non-hydrogen) atoms. The molecule has 0 radical (unpaired) electrons. The van der Waals surface area contributed by atoms with Crippen molar-refractivity contribution in [1.29, 1.82) is 0 Å². The number of rotatable bonds is 8. The van der Waals surface area contributed by atoms with Crippen LogP contribution in [0.15, 0.2) is 239 Å². The number of fused-ring (bicyclic) bond motifs is 9. The molecule has 4 heteroatoms. The van der Waals surface area contributed by atoms with Gasteiger partial charge < -0.3 is 18.6 Å². The van der Waals surface area contributed by atoms with Crippen LogP contribution in [0.1, 0.15) is 11.1 Å². The Bertz CT molecular complexity index is 4040. The summed E-state index contributed by atoms with van der Waals surface area (Å²) in [5, 5.41) is 8.65. The van der Waals surface area contributed by atoms with E-state index in [1.165, 1.54) is 33.4 Å².